The molecular weight excluding hydrogens is 264 g/mol. The number of carbonyl (C=O) groups excluding carboxylic acids is 1. The van der Waals surface area contributed by atoms with Gasteiger partial charge in [-0.1, -0.05) is 12.1 Å². The van der Waals surface area contributed by atoms with Gasteiger partial charge in [-0.15, -0.1) is 0 Å². The van der Waals surface area contributed by atoms with Gasteiger partial charge in [-0.3, -0.25) is 4.79 Å². The van der Waals surface area contributed by atoms with Crippen molar-refractivity contribution in [1.82, 2.24) is 10.2 Å². The van der Waals surface area contributed by atoms with Crippen LogP contribution in [0.25, 0.3) is 0 Å². The van der Waals surface area contributed by atoms with Crippen molar-refractivity contribution in [2.24, 2.45) is 0 Å². The van der Waals surface area contributed by atoms with Gasteiger partial charge in [-0.05, 0) is 58.9 Å². The summed E-state index contributed by atoms with van der Waals surface area (Å²) in [4.78, 5) is 14.0. The van der Waals surface area contributed by atoms with Crippen LogP contribution in [-0.2, 0) is 4.79 Å². The number of nitrogens with one attached hydrogen (secondary N) is 1. The van der Waals surface area contributed by atoms with Gasteiger partial charge in [0.25, 0.3) is 5.91 Å². The highest BCUT2D eigenvalue weighted by molar-refractivity contribution is 5.80. The average Bonchev–Trinajstić information content (AvgIpc) is 2.49. The van der Waals surface area contributed by atoms with Crippen LogP contribution in [0.4, 0.5) is 0 Å². The first kappa shape index (κ1) is 17.5. The number of nitrogens with zero attached hydrogens (tertiary/aromatic N) is 1. The Kier molecular flexibility index (Phi) is 6.69. The Morgan fingerprint density at radius 2 is 1.90 bits per heavy atom. The molecule has 2 unspecified atom stereocenters. The van der Waals surface area contributed by atoms with Crippen molar-refractivity contribution in [3.8, 4) is 5.75 Å². The maximum absolute atomic E-state index is 12.2. The van der Waals surface area contributed by atoms with Crippen molar-refractivity contribution < 1.29 is 9.53 Å². The molecule has 0 aromatic heterocycles. The zero-order valence-electron chi connectivity index (χ0n) is 14.1. The Balaban J connectivity index is 2.81. The van der Waals surface area contributed by atoms with Crippen LogP contribution < -0.4 is 10.1 Å². The smallest absolute Gasteiger partial charge is 0.263 e. The summed E-state index contributed by atoms with van der Waals surface area (Å²) in [7, 11) is 1.94. The second kappa shape index (κ2) is 8.03. The molecule has 0 heterocycles. The van der Waals surface area contributed by atoms with Crippen molar-refractivity contribution in [1.29, 1.82) is 0 Å². The Bertz CT molecular complexity index is 470. The molecule has 0 aliphatic heterocycles. The fourth-order valence-corrected chi connectivity index (χ4v) is 2.27. The molecule has 1 amide bonds. The standard InChI is InChI=1S/C17H28N2O2/c1-7-19(8-2)17(20)14(5)21-16-10-9-15(11-12(16)3)13(4)18-6/h9-11,13-14,18H,7-8H2,1-6H3. The molecule has 0 bridgehead atoms. The molecule has 0 spiro atoms. The largest absolute Gasteiger partial charge is 0.481 e. The summed E-state index contributed by atoms with van der Waals surface area (Å²) >= 11 is 0. The molecule has 118 valence electrons. The van der Waals surface area contributed by atoms with Crippen molar-refractivity contribution in [2.75, 3.05) is 20.1 Å². The van der Waals surface area contributed by atoms with Crippen LogP contribution in [0.5, 0.6) is 5.75 Å². The maximum Gasteiger partial charge on any atom is 0.263 e. The van der Waals surface area contributed by atoms with Crippen LogP contribution in [0.15, 0.2) is 18.2 Å². The van der Waals surface area contributed by atoms with Gasteiger partial charge >= 0.3 is 0 Å². The Morgan fingerprint density at radius 1 is 1.29 bits per heavy atom. The molecule has 0 aliphatic rings. The Hall–Kier alpha value is -1.55. The van der Waals surface area contributed by atoms with Crippen molar-refractivity contribution in [3.63, 3.8) is 0 Å². The van der Waals surface area contributed by atoms with Crippen LogP contribution in [-0.4, -0.2) is 37.0 Å². The summed E-state index contributed by atoms with van der Waals surface area (Å²) in [5, 5.41) is 3.22. The lowest BCUT2D eigenvalue weighted by atomic mass is 10.1. The van der Waals surface area contributed by atoms with Crippen LogP contribution in [0, 0.1) is 6.92 Å². The molecule has 4 nitrogen and oxygen atoms in total. The second-order valence-electron chi connectivity index (χ2n) is 5.31. The highest BCUT2D eigenvalue weighted by atomic mass is 16.5. The molecule has 0 aliphatic carbocycles. The summed E-state index contributed by atoms with van der Waals surface area (Å²) in [5.41, 5.74) is 2.26. The first-order valence-corrected chi connectivity index (χ1v) is 7.67. The van der Waals surface area contributed by atoms with Gasteiger partial charge in [0.1, 0.15) is 5.75 Å². The second-order valence-corrected chi connectivity index (χ2v) is 5.31. The van der Waals surface area contributed by atoms with E-state index in [4.69, 9.17) is 4.74 Å². The SMILES string of the molecule is CCN(CC)C(=O)C(C)Oc1ccc(C(C)NC)cc1C. The molecule has 1 aromatic rings. The highest BCUT2D eigenvalue weighted by Crippen LogP contribution is 2.23. The van der Waals surface area contributed by atoms with Crippen LogP contribution in [0.1, 0.15) is 44.9 Å². The summed E-state index contributed by atoms with van der Waals surface area (Å²) < 4.78 is 5.85. The molecule has 4 heteroatoms. The van der Waals surface area contributed by atoms with Crippen LogP contribution in [0.2, 0.25) is 0 Å². The van der Waals surface area contributed by atoms with Crippen LogP contribution in [0.3, 0.4) is 0 Å². The van der Waals surface area contributed by atoms with E-state index >= 15 is 0 Å². The van der Waals surface area contributed by atoms with Gasteiger partial charge in [-0.25, -0.2) is 0 Å². The van der Waals surface area contributed by atoms with Crippen LogP contribution >= 0.6 is 0 Å². The van der Waals surface area contributed by atoms with Gasteiger partial charge in [-0.2, -0.15) is 0 Å². The normalized spacial score (nSPS) is 13.6. The third kappa shape index (κ3) is 4.46. The molecule has 1 rings (SSSR count). The van der Waals surface area contributed by atoms with Crippen molar-refractivity contribution in [2.45, 2.75) is 46.8 Å². The molecule has 0 fully saturated rings. The number of carbonyl (C=O) groups is 1. The fourth-order valence-electron chi connectivity index (χ4n) is 2.27. The van der Waals surface area contributed by atoms with E-state index in [-0.39, 0.29) is 5.91 Å². The molecule has 1 N–H and O–H groups in total. The summed E-state index contributed by atoms with van der Waals surface area (Å²) in [6.07, 6.45) is -0.462. The van der Waals surface area contributed by atoms with Gasteiger partial charge in [0.15, 0.2) is 6.10 Å². The van der Waals surface area contributed by atoms with Crippen molar-refractivity contribution >= 4 is 5.91 Å². The zero-order chi connectivity index (χ0) is 16.0. The predicted molar refractivity (Wildman–Crippen MR) is 86.7 cm³/mol. The minimum atomic E-state index is -0.462. The fraction of sp³-hybridized carbons (Fsp3) is 0.588. The van der Waals surface area contributed by atoms with E-state index in [0.717, 1.165) is 11.3 Å². The first-order chi connectivity index (χ1) is 9.94. The first-order valence-electron chi connectivity index (χ1n) is 7.67. The van der Waals surface area contributed by atoms with E-state index in [9.17, 15) is 4.79 Å². The minimum Gasteiger partial charge on any atom is -0.481 e. The zero-order valence-corrected chi connectivity index (χ0v) is 14.1. The summed E-state index contributed by atoms with van der Waals surface area (Å²) in [6, 6.07) is 6.39. The lowest BCUT2D eigenvalue weighted by Gasteiger charge is -2.24. The third-order valence-corrected chi connectivity index (χ3v) is 3.86. The monoisotopic (exact) mass is 292 g/mol. The lowest BCUT2D eigenvalue weighted by Crippen LogP contribution is -2.40. The molecule has 2 atom stereocenters. The van der Waals surface area contributed by atoms with Gasteiger partial charge in [0, 0.05) is 19.1 Å². The van der Waals surface area contributed by atoms with E-state index in [2.05, 4.69) is 18.3 Å². The summed E-state index contributed by atoms with van der Waals surface area (Å²) in [5.74, 6) is 0.808. The predicted octanol–water partition coefficient (Wildman–Crippen LogP) is 2.91. The number of benzene rings is 1. The van der Waals surface area contributed by atoms with E-state index < -0.39 is 6.10 Å². The quantitative estimate of drug-likeness (QED) is 0.840. The van der Waals surface area contributed by atoms with Gasteiger partial charge in [0.05, 0.1) is 0 Å². The number of hydrogen-bond donors (Lipinski definition) is 1. The maximum atomic E-state index is 12.2. The number of rotatable bonds is 7. The highest BCUT2D eigenvalue weighted by Gasteiger charge is 2.20. The van der Waals surface area contributed by atoms with E-state index in [1.165, 1.54) is 5.56 Å². The molecule has 0 radical (unpaired) electrons. The Labute approximate surface area is 128 Å². The molecule has 21 heavy (non-hydrogen) atoms. The Morgan fingerprint density at radius 3 is 2.38 bits per heavy atom. The lowest BCUT2D eigenvalue weighted by molar-refractivity contribution is -0.137. The third-order valence-electron chi connectivity index (χ3n) is 3.86. The number of amides is 1. The van der Waals surface area contributed by atoms with E-state index in [1.807, 2.05) is 46.9 Å². The number of hydrogen-bond acceptors (Lipinski definition) is 3. The topological polar surface area (TPSA) is 41.6 Å². The van der Waals surface area contributed by atoms with Crippen molar-refractivity contribution in [3.05, 3.63) is 29.3 Å². The molecule has 1 aromatic carbocycles. The summed E-state index contributed by atoms with van der Waals surface area (Å²) in [6.45, 7) is 11.3. The number of aryl methyl sites for hydroxylation is 1. The van der Waals surface area contributed by atoms with Gasteiger partial charge < -0.3 is 15.0 Å². The van der Waals surface area contributed by atoms with Gasteiger partial charge in [0.2, 0.25) is 0 Å². The average molecular weight is 292 g/mol. The number of likely N-dealkylation sites (N-methyl/N-ethyl adjacent to an activating group) is 1. The molecular formula is C17H28N2O2. The van der Waals surface area contributed by atoms with E-state index in [0.29, 0.717) is 19.1 Å². The molecule has 0 saturated heterocycles. The number of ether oxygens (including phenoxy) is 1. The minimum absolute atomic E-state index is 0.0343. The van der Waals surface area contributed by atoms with E-state index in [1.54, 1.807) is 4.90 Å². The molecule has 0 saturated carbocycles.